The van der Waals surface area contributed by atoms with E-state index in [-0.39, 0.29) is 12.1 Å². The van der Waals surface area contributed by atoms with Crippen LogP contribution in [0.25, 0.3) is 0 Å². The maximum Gasteiger partial charge on any atom is 0.159 e. The number of hydrogen-bond donors (Lipinski definition) is 1. The maximum absolute atomic E-state index is 13.2. The number of benzene rings is 1. The molecule has 2 atom stereocenters. The molecule has 0 fully saturated rings. The van der Waals surface area contributed by atoms with E-state index in [1.807, 2.05) is 6.92 Å². The summed E-state index contributed by atoms with van der Waals surface area (Å²) >= 11 is 0. The summed E-state index contributed by atoms with van der Waals surface area (Å²) < 4.78 is 31.4. The van der Waals surface area contributed by atoms with Gasteiger partial charge in [-0.25, -0.2) is 8.78 Å². The first-order valence-electron chi connectivity index (χ1n) is 6.29. The van der Waals surface area contributed by atoms with Crippen molar-refractivity contribution in [3.05, 3.63) is 35.4 Å². The highest BCUT2D eigenvalue weighted by Gasteiger charge is 2.16. The fourth-order valence-corrected chi connectivity index (χ4v) is 1.81. The fourth-order valence-electron chi connectivity index (χ4n) is 1.81. The van der Waals surface area contributed by atoms with Crippen LogP contribution in [0.5, 0.6) is 0 Å². The molecule has 2 unspecified atom stereocenters. The van der Waals surface area contributed by atoms with Gasteiger partial charge in [-0.1, -0.05) is 13.0 Å². The van der Waals surface area contributed by atoms with Crippen LogP contribution in [0.2, 0.25) is 0 Å². The Labute approximate surface area is 107 Å². The lowest BCUT2D eigenvalue weighted by molar-refractivity contribution is 0.100. The van der Waals surface area contributed by atoms with Crippen molar-refractivity contribution in [2.75, 3.05) is 13.7 Å². The molecule has 0 bridgehead atoms. The van der Waals surface area contributed by atoms with Crippen molar-refractivity contribution in [1.82, 2.24) is 5.32 Å². The van der Waals surface area contributed by atoms with E-state index in [0.717, 1.165) is 24.9 Å². The van der Waals surface area contributed by atoms with Crippen molar-refractivity contribution in [1.29, 1.82) is 0 Å². The van der Waals surface area contributed by atoms with E-state index in [0.29, 0.717) is 0 Å². The normalized spacial score (nSPS) is 14.5. The van der Waals surface area contributed by atoms with Crippen molar-refractivity contribution in [3.8, 4) is 0 Å². The highest BCUT2D eigenvalue weighted by atomic mass is 19.2. The molecule has 0 spiro atoms. The molecule has 0 saturated heterocycles. The monoisotopic (exact) mass is 257 g/mol. The number of nitrogens with one attached hydrogen (secondary N) is 1. The van der Waals surface area contributed by atoms with Crippen LogP contribution in [0, 0.1) is 11.6 Å². The van der Waals surface area contributed by atoms with Crippen molar-refractivity contribution < 1.29 is 13.5 Å². The SMILES string of the molecule is CCCNC(CC(C)OC)c1ccc(F)c(F)c1. The van der Waals surface area contributed by atoms with E-state index >= 15 is 0 Å². The van der Waals surface area contributed by atoms with Crippen molar-refractivity contribution in [2.24, 2.45) is 0 Å². The molecule has 4 heteroatoms. The Bertz CT molecular complexity index is 371. The number of rotatable bonds is 7. The highest BCUT2D eigenvalue weighted by molar-refractivity contribution is 5.21. The van der Waals surface area contributed by atoms with Crippen LogP contribution in [0.15, 0.2) is 18.2 Å². The fraction of sp³-hybridized carbons (Fsp3) is 0.571. The Morgan fingerprint density at radius 1 is 1.28 bits per heavy atom. The molecule has 0 radical (unpaired) electrons. The van der Waals surface area contributed by atoms with Crippen LogP contribution in [-0.2, 0) is 4.74 Å². The molecule has 0 aliphatic carbocycles. The molecule has 0 aromatic heterocycles. The Balaban J connectivity index is 2.82. The molecule has 18 heavy (non-hydrogen) atoms. The van der Waals surface area contributed by atoms with Gasteiger partial charge >= 0.3 is 0 Å². The molecule has 1 rings (SSSR count). The second-order valence-electron chi connectivity index (χ2n) is 4.46. The molecular formula is C14H21F2NO. The lowest BCUT2D eigenvalue weighted by atomic mass is 10.0. The third kappa shape index (κ3) is 4.35. The molecule has 0 aliphatic heterocycles. The van der Waals surface area contributed by atoms with Crippen LogP contribution in [0.3, 0.4) is 0 Å². The molecule has 1 N–H and O–H groups in total. The zero-order chi connectivity index (χ0) is 13.5. The molecule has 0 saturated carbocycles. The van der Waals surface area contributed by atoms with Crippen molar-refractivity contribution in [3.63, 3.8) is 0 Å². The van der Waals surface area contributed by atoms with Crippen LogP contribution in [0.1, 0.15) is 38.3 Å². The topological polar surface area (TPSA) is 21.3 Å². The Morgan fingerprint density at radius 3 is 2.56 bits per heavy atom. The van der Waals surface area contributed by atoms with Crippen molar-refractivity contribution in [2.45, 2.75) is 38.8 Å². The van der Waals surface area contributed by atoms with Gasteiger partial charge < -0.3 is 10.1 Å². The van der Waals surface area contributed by atoms with Gasteiger partial charge in [-0.15, -0.1) is 0 Å². The van der Waals surface area contributed by atoms with E-state index < -0.39 is 11.6 Å². The number of ether oxygens (including phenoxy) is 1. The van der Waals surface area contributed by atoms with E-state index in [1.54, 1.807) is 13.2 Å². The number of methoxy groups -OCH3 is 1. The van der Waals surface area contributed by atoms with E-state index in [9.17, 15) is 8.78 Å². The Hall–Kier alpha value is -1.00. The summed E-state index contributed by atoms with van der Waals surface area (Å²) in [6.07, 6.45) is 1.77. The molecule has 102 valence electrons. The van der Waals surface area contributed by atoms with Gasteiger partial charge in [-0.3, -0.25) is 0 Å². The van der Waals surface area contributed by atoms with Gasteiger partial charge in [0.05, 0.1) is 6.10 Å². The molecule has 1 aromatic carbocycles. The minimum atomic E-state index is -0.812. The van der Waals surface area contributed by atoms with Gasteiger partial charge in [0.1, 0.15) is 0 Å². The van der Waals surface area contributed by atoms with Crippen LogP contribution >= 0.6 is 0 Å². The van der Waals surface area contributed by atoms with Crippen LogP contribution < -0.4 is 5.32 Å². The summed E-state index contributed by atoms with van der Waals surface area (Å²) in [5.41, 5.74) is 0.756. The second-order valence-corrected chi connectivity index (χ2v) is 4.46. The lowest BCUT2D eigenvalue weighted by Crippen LogP contribution is -2.26. The quantitative estimate of drug-likeness (QED) is 0.808. The average molecular weight is 257 g/mol. The maximum atomic E-state index is 13.2. The van der Waals surface area contributed by atoms with Crippen molar-refractivity contribution >= 4 is 0 Å². The second kappa shape index (κ2) is 7.44. The molecule has 0 aliphatic rings. The summed E-state index contributed by atoms with van der Waals surface area (Å²) in [6.45, 7) is 4.86. The smallest absolute Gasteiger partial charge is 0.159 e. The first kappa shape index (κ1) is 15.1. The number of halogens is 2. The largest absolute Gasteiger partial charge is 0.382 e. The molecule has 0 amide bonds. The van der Waals surface area contributed by atoms with E-state index in [1.165, 1.54) is 12.1 Å². The van der Waals surface area contributed by atoms with E-state index in [4.69, 9.17) is 4.74 Å². The van der Waals surface area contributed by atoms with Crippen LogP contribution in [0.4, 0.5) is 8.78 Å². The van der Waals surface area contributed by atoms with Gasteiger partial charge in [0.15, 0.2) is 11.6 Å². The third-order valence-electron chi connectivity index (χ3n) is 2.96. The van der Waals surface area contributed by atoms with Gasteiger partial charge in [0.2, 0.25) is 0 Å². The molecule has 1 aromatic rings. The Kier molecular flexibility index (Phi) is 6.22. The van der Waals surface area contributed by atoms with Crippen LogP contribution in [-0.4, -0.2) is 19.8 Å². The third-order valence-corrected chi connectivity index (χ3v) is 2.96. The van der Waals surface area contributed by atoms with Gasteiger partial charge in [-0.05, 0) is 44.0 Å². The first-order chi connectivity index (χ1) is 8.58. The summed E-state index contributed by atoms with van der Waals surface area (Å²) in [7, 11) is 1.65. The summed E-state index contributed by atoms with van der Waals surface area (Å²) in [6, 6.07) is 4.03. The summed E-state index contributed by atoms with van der Waals surface area (Å²) in [5.74, 6) is -1.62. The molecular weight excluding hydrogens is 236 g/mol. The van der Waals surface area contributed by atoms with Gasteiger partial charge in [0.25, 0.3) is 0 Å². The minimum Gasteiger partial charge on any atom is -0.382 e. The van der Waals surface area contributed by atoms with Gasteiger partial charge in [-0.2, -0.15) is 0 Å². The standard InChI is InChI=1S/C14H21F2NO/c1-4-7-17-14(8-10(2)18-3)11-5-6-12(15)13(16)9-11/h5-6,9-10,14,17H,4,7-8H2,1-3H3. The first-order valence-corrected chi connectivity index (χ1v) is 6.29. The number of hydrogen-bond acceptors (Lipinski definition) is 2. The zero-order valence-electron chi connectivity index (χ0n) is 11.2. The summed E-state index contributed by atoms with van der Waals surface area (Å²) in [4.78, 5) is 0. The Morgan fingerprint density at radius 2 is 2.00 bits per heavy atom. The zero-order valence-corrected chi connectivity index (χ0v) is 11.2. The predicted molar refractivity (Wildman–Crippen MR) is 68.5 cm³/mol. The predicted octanol–water partition coefficient (Wildman–Crippen LogP) is 3.43. The summed E-state index contributed by atoms with van der Waals surface area (Å²) in [5, 5.41) is 3.33. The van der Waals surface area contributed by atoms with E-state index in [2.05, 4.69) is 12.2 Å². The highest BCUT2D eigenvalue weighted by Crippen LogP contribution is 2.21. The molecule has 0 heterocycles. The van der Waals surface area contributed by atoms with Gasteiger partial charge in [0, 0.05) is 13.2 Å². The lowest BCUT2D eigenvalue weighted by Gasteiger charge is -2.22. The molecule has 2 nitrogen and oxygen atoms in total. The minimum absolute atomic E-state index is 0.0185. The average Bonchev–Trinajstić information content (AvgIpc) is 2.37.